The van der Waals surface area contributed by atoms with Gasteiger partial charge in [0.1, 0.15) is 0 Å². The molecule has 112 valence electrons. The van der Waals surface area contributed by atoms with Crippen molar-refractivity contribution in [2.24, 2.45) is 0 Å². The van der Waals surface area contributed by atoms with Crippen LogP contribution in [0.4, 0.5) is 5.69 Å². The van der Waals surface area contributed by atoms with E-state index >= 15 is 0 Å². The summed E-state index contributed by atoms with van der Waals surface area (Å²) in [6, 6.07) is 6.91. The fourth-order valence-corrected chi connectivity index (χ4v) is 3.38. The highest BCUT2D eigenvalue weighted by molar-refractivity contribution is 7.92. The zero-order chi connectivity index (χ0) is 15.6. The van der Waals surface area contributed by atoms with Crippen molar-refractivity contribution in [2.45, 2.75) is 25.2 Å². The van der Waals surface area contributed by atoms with Gasteiger partial charge in [-0.3, -0.25) is 14.5 Å². The second kappa shape index (κ2) is 5.57. The predicted octanol–water partition coefficient (Wildman–Crippen LogP) is 0.735. The fourth-order valence-electron chi connectivity index (χ4n) is 2.04. The standard InChI is InChI=1S/C13H15N3O4S/c1-3-9-6-4-5-7-10(9)16-21(19,20)11-8(2)14-13(18)15-12(11)17/h4-7,16H,3H2,1-2H3,(H2,14,15,17,18). The number of hydrogen-bond donors (Lipinski definition) is 3. The van der Waals surface area contributed by atoms with Crippen LogP contribution in [0.1, 0.15) is 18.2 Å². The SMILES string of the molecule is CCc1ccccc1NS(=O)(=O)c1c(C)[nH]c(=O)[nH]c1=O. The molecule has 1 aromatic heterocycles. The van der Waals surface area contributed by atoms with Gasteiger partial charge in [0, 0.05) is 5.69 Å². The first-order valence-corrected chi connectivity index (χ1v) is 7.77. The van der Waals surface area contributed by atoms with Crippen molar-refractivity contribution >= 4 is 15.7 Å². The van der Waals surface area contributed by atoms with Crippen LogP contribution in [0.25, 0.3) is 0 Å². The third kappa shape index (κ3) is 3.05. The molecule has 0 spiro atoms. The number of aromatic nitrogens is 2. The van der Waals surface area contributed by atoms with E-state index in [9.17, 15) is 18.0 Å². The van der Waals surface area contributed by atoms with Crippen LogP contribution < -0.4 is 16.0 Å². The van der Waals surface area contributed by atoms with E-state index < -0.39 is 26.2 Å². The summed E-state index contributed by atoms with van der Waals surface area (Å²) in [4.78, 5) is 26.6. The number of aryl methyl sites for hydroxylation is 2. The molecule has 21 heavy (non-hydrogen) atoms. The molecule has 0 atom stereocenters. The van der Waals surface area contributed by atoms with Gasteiger partial charge in [-0.25, -0.2) is 13.2 Å². The van der Waals surface area contributed by atoms with Crippen LogP contribution in [0.5, 0.6) is 0 Å². The van der Waals surface area contributed by atoms with Crippen LogP contribution in [0.2, 0.25) is 0 Å². The molecule has 0 unspecified atom stereocenters. The fraction of sp³-hybridized carbons (Fsp3) is 0.231. The molecule has 7 nitrogen and oxygen atoms in total. The number of hydrogen-bond acceptors (Lipinski definition) is 4. The Hall–Kier alpha value is -2.35. The van der Waals surface area contributed by atoms with Gasteiger partial charge in [-0.05, 0) is 25.0 Å². The molecule has 0 aliphatic heterocycles. The summed E-state index contributed by atoms with van der Waals surface area (Å²) in [6.45, 7) is 3.25. The van der Waals surface area contributed by atoms with E-state index in [-0.39, 0.29) is 5.69 Å². The molecule has 8 heteroatoms. The lowest BCUT2D eigenvalue weighted by molar-refractivity contribution is 0.598. The van der Waals surface area contributed by atoms with Gasteiger partial charge in [-0.15, -0.1) is 0 Å². The summed E-state index contributed by atoms with van der Waals surface area (Å²) in [5.74, 6) is 0. The van der Waals surface area contributed by atoms with Crippen molar-refractivity contribution in [3.8, 4) is 0 Å². The second-order valence-electron chi connectivity index (χ2n) is 4.48. The number of H-pyrrole nitrogens is 2. The Labute approximate surface area is 121 Å². The van der Waals surface area contributed by atoms with E-state index in [1.807, 2.05) is 11.9 Å². The van der Waals surface area contributed by atoms with Crippen LogP contribution >= 0.6 is 0 Å². The van der Waals surface area contributed by atoms with Crippen molar-refractivity contribution in [1.29, 1.82) is 0 Å². The van der Waals surface area contributed by atoms with Crippen molar-refractivity contribution in [1.82, 2.24) is 9.97 Å². The maximum atomic E-state index is 12.4. The lowest BCUT2D eigenvalue weighted by atomic mass is 10.1. The maximum absolute atomic E-state index is 12.4. The van der Waals surface area contributed by atoms with Gasteiger partial charge in [-0.1, -0.05) is 25.1 Å². The average Bonchev–Trinajstić information content (AvgIpc) is 2.37. The normalized spacial score (nSPS) is 11.3. The first-order chi connectivity index (χ1) is 9.85. The highest BCUT2D eigenvalue weighted by Gasteiger charge is 2.23. The minimum atomic E-state index is -4.09. The number of sulfonamides is 1. The quantitative estimate of drug-likeness (QED) is 0.773. The van der Waals surface area contributed by atoms with E-state index in [4.69, 9.17) is 0 Å². The molecule has 0 fully saturated rings. The molecule has 0 saturated heterocycles. The van der Waals surface area contributed by atoms with Gasteiger partial charge in [0.05, 0.1) is 5.69 Å². The Morgan fingerprint density at radius 3 is 2.43 bits per heavy atom. The Kier molecular flexibility index (Phi) is 3.99. The maximum Gasteiger partial charge on any atom is 0.325 e. The van der Waals surface area contributed by atoms with Gasteiger partial charge in [0.25, 0.3) is 15.6 Å². The third-order valence-corrected chi connectivity index (χ3v) is 4.50. The van der Waals surface area contributed by atoms with Gasteiger partial charge < -0.3 is 4.98 Å². The molecule has 0 radical (unpaired) electrons. The summed E-state index contributed by atoms with van der Waals surface area (Å²) in [5, 5.41) is 0. The van der Waals surface area contributed by atoms with Gasteiger partial charge in [0.2, 0.25) is 0 Å². The van der Waals surface area contributed by atoms with Crippen LogP contribution in [0.15, 0.2) is 38.8 Å². The third-order valence-electron chi connectivity index (χ3n) is 2.99. The smallest absolute Gasteiger partial charge is 0.310 e. The second-order valence-corrected chi connectivity index (χ2v) is 6.10. The summed E-state index contributed by atoms with van der Waals surface area (Å²) in [6.07, 6.45) is 0.639. The molecule has 0 aliphatic carbocycles. The largest absolute Gasteiger partial charge is 0.325 e. The van der Waals surface area contributed by atoms with Crippen molar-refractivity contribution in [3.05, 3.63) is 56.4 Å². The van der Waals surface area contributed by atoms with E-state index in [2.05, 4.69) is 9.71 Å². The number of aromatic amines is 2. The van der Waals surface area contributed by atoms with Crippen LogP contribution in [-0.2, 0) is 16.4 Å². The summed E-state index contributed by atoms with van der Waals surface area (Å²) in [7, 11) is -4.09. The lowest BCUT2D eigenvalue weighted by Gasteiger charge is -2.12. The first kappa shape index (κ1) is 15.0. The van der Waals surface area contributed by atoms with E-state index in [0.717, 1.165) is 5.56 Å². The molecule has 0 amide bonds. The minimum absolute atomic E-state index is 0.00905. The predicted molar refractivity (Wildman–Crippen MR) is 79.0 cm³/mol. The Balaban J connectivity index is 2.54. The first-order valence-electron chi connectivity index (χ1n) is 6.29. The van der Waals surface area contributed by atoms with Crippen molar-refractivity contribution in [2.75, 3.05) is 4.72 Å². The number of benzene rings is 1. The van der Waals surface area contributed by atoms with Crippen LogP contribution in [0, 0.1) is 6.92 Å². The topological polar surface area (TPSA) is 112 Å². The van der Waals surface area contributed by atoms with Crippen LogP contribution in [0.3, 0.4) is 0 Å². The lowest BCUT2D eigenvalue weighted by Crippen LogP contribution is -2.31. The van der Waals surface area contributed by atoms with Crippen LogP contribution in [-0.4, -0.2) is 18.4 Å². The molecule has 1 heterocycles. The van der Waals surface area contributed by atoms with Crippen molar-refractivity contribution < 1.29 is 8.42 Å². The molecule has 0 saturated carbocycles. The number of rotatable bonds is 4. The van der Waals surface area contributed by atoms with Gasteiger partial charge in [-0.2, -0.15) is 0 Å². The van der Waals surface area contributed by atoms with E-state index in [0.29, 0.717) is 12.1 Å². The Morgan fingerprint density at radius 2 is 1.81 bits per heavy atom. The minimum Gasteiger partial charge on any atom is -0.310 e. The van der Waals surface area contributed by atoms with E-state index in [1.165, 1.54) is 6.92 Å². The summed E-state index contributed by atoms with van der Waals surface area (Å²) in [5.41, 5.74) is -0.488. The molecule has 1 aromatic carbocycles. The monoisotopic (exact) mass is 309 g/mol. The average molecular weight is 309 g/mol. The number of nitrogens with one attached hydrogen (secondary N) is 3. The Bertz CT molecular complexity index is 881. The summed E-state index contributed by atoms with van der Waals surface area (Å²) < 4.78 is 27.1. The van der Waals surface area contributed by atoms with Crippen molar-refractivity contribution in [3.63, 3.8) is 0 Å². The molecule has 2 rings (SSSR count). The number of anilines is 1. The number of para-hydroxylation sites is 1. The molecular weight excluding hydrogens is 294 g/mol. The molecule has 2 aromatic rings. The molecular formula is C13H15N3O4S. The van der Waals surface area contributed by atoms with Gasteiger partial charge >= 0.3 is 5.69 Å². The zero-order valence-electron chi connectivity index (χ0n) is 11.6. The molecule has 0 aliphatic rings. The van der Waals surface area contributed by atoms with E-state index in [1.54, 1.807) is 24.3 Å². The molecule has 0 bridgehead atoms. The highest BCUT2D eigenvalue weighted by Crippen LogP contribution is 2.19. The highest BCUT2D eigenvalue weighted by atomic mass is 32.2. The summed E-state index contributed by atoms with van der Waals surface area (Å²) >= 11 is 0. The van der Waals surface area contributed by atoms with Gasteiger partial charge in [0.15, 0.2) is 4.90 Å². The zero-order valence-corrected chi connectivity index (χ0v) is 12.4. The Morgan fingerprint density at radius 1 is 1.14 bits per heavy atom. The molecule has 3 N–H and O–H groups in total.